The van der Waals surface area contributed by atoms with Crippen LogP contribution in [0.15, 0.2) is 54.6 Å². The molecule has 1 saturated heterocycles. The fourth-order valence-corrected chi connectivity index (χ4v) is 4.64. The number of benzene rings is 2. The average Bonchev–Trinajstić information content (AvgIpc) is 3.08. The highest BCUT2D eigenvalue weighted by atomic mass is 16.5. The standard InChI is InChI=1S/C23H25NO5/c1-3-28-23(26)21-19(22(25)27-2)17-14-29-18-12-8-7-11-16(18)20(17)24(21)13-15-9-5-4-6-10-15/h4-12,17,19-21H,3,13-14H2,1-2H3/t17-,19-,20+,21-/m1/s1. The van der Waals surface area contributed by atoms with Crippen LogP contribution in [0, 0.1) is 11.8 Å². The zero-order valence-corrected chi connectivity index (χ0v) is 16.6. The first-order chi connectivity index (χ1) is 14.2. The fraction of sp³-hybridized carbons (Fsp3) is 0.391. The third-order valence-corrected chi connectivity index (χ3v) is 5.80. The Morgan fingerprint density at radius 2 is 1.79 bits per heavy atom. The molecule has 6 nitrogen and oxygen atoms in total. The molecule has 0 spiro atoms. The van der Waals surface area contributed by atoms with Crippen molar-refractivity contribution >= 4 is 11.9 Å². The van der Waals surface area contributed by atoms with Gasteiger partial charge < -0.3 is 14.2 Å². The van der Waals surface area contributed by atoms with E-state index in [4.69, 9.17) is 14.2 Å². The van der Waals surface area contributed by atoms with Crippen molar-refractivity contribution in [1.82, 2.24) is 4.90 Å². The summed E-state index contributed by atoms with van der Waals surface area (Å²) in [4.78, 5) is 27.9. The molecular weight excluding hydrogens is 370 g/mol. The number of nitrogens with zero attached hydrogens (tertiary/aromatic N) is 1. The quantitative estimate of drug-likeness (QED) is 0.726. The van der Waals surface area contributed by atoms with Gasteiger partial charge in [-0.3, -0.25) is 14.5 Å². The van der Waals surface area contributed by atoms with E-state index in [9.17, 15) is 9.59 Å². The Balaban J connectivity index is 1.82. The highest BCUT2D eigenvalue weighted by Gasteiger charge is 2.58. The van der Waals surface area contributed by atoms with Gasteiger partial charge in [0.15, 0.2) is 0 Å². The van der Waals surface area contributed by atoms with Crippen LogP contribution < -0.4 is 4.74 Å². The molecule has 2 heterocycles. The number of carbonyl (C=O) groups is 2. The van der Waals surface area contributed by atoms with Gasteiger partial charge in [0, 0.05) is 24.1 Å². The summed E-state index contributed by atoms with van der Waals surface area (Å²) >= 11 is 0. The van der Waals surface area contributed by atoms with Crippen molar-refractivity contribution in [2.75, 3.05) is 20.3 Å². The van der Waals surface area contributed by atoms with Gasteiger partial charge in [0.05, 0.1) is 26.2 Å². The summed E-state index contributed by atoms with van der Waals surface area (Å²) in [6, 6.07) is 16.9. The van der Waals surface area contributed by atoms with Crippen LogP contribution in [0.1, 0.15) is 24.1 Å². The van der Waals surface area contributed by atoms with Crippen LogP contribution >= 0.6 is 0 Å². The molecule has 2 aliphatic rings. The summed E-state index contributed by atoms with van der Waals surface area (Å²) in [5, 5.41) is 0. The molecule has 29 heavy (non-hydrogen) atoms. The third kappa shape index (κ3) is 3.49. The Hall–Kier alpha value is -2.86. The Labute approximate surface area is 170 Å². The van der Waals surface area contributed by atoms with Crippen LogP contribution in [-0.4, -0.2) is 43.2 Å². The molecular formula is C23H25NO5. The van der Waals surface area contributed by atoms with E-state index in [1.165, 1.54) is 7.11 Å². The molecule has 0 saturated carbocycles. The number of likely N-dealkylation sites (tertiary alicyclic amines) is 1. The van der Waals surface area contributed by atoms with E-state index in [1.54, 1.807) is 6.92 Å². The SMILES string of the molecule is CCOC(=O)[C@H]1[C@H](C(=O)OC)[C@H]2COc3ccccc3[C@@H]2N1Cc1ccccc1. The molecule has 1 fully saturated rings. The maximum absolute atomic E-state index is 13.0. The van der Waals surface area contributed by atoms with Gasteiger partial charge in [0.2, 0.25) is 0 Å². The highest BCUT2D eigenvalue weighted by Crippen LogP contribution is 2.51. The Kier molecular flexibility index (Phi) is 5.53. The van der Waals surface area contributed by atoms with Crippen molar-refractivity contribution in [2.45, 2.75) is 25.6 Å². The van der Waals surface area contributed by atoms with Crippen molar-refractivity contribution in [3.05, 3.63) is 65.7 Å². The van der Waals surface area contributed by atoms with Gasteiger partial charge in [-0.25, -0.2) is 0 Å². The molecule has 0 bridgehead atoms. The van der Waals surface area contributed by atoms with Crippen LogP contribution in [0.2, 0.25) is 0 Å². The molecule has 152 valence electrons. The number of hydrogen-bond acceptors (Lipinski definition) is 6. The number of fused-ring (bicyclic) bond motifs is 3. The molecule has 2 aliphatic heterocycles. The van der Waals surface area contributed by atoms with Crippen molar-refractivity contribution in [1.29, 1.82) is 0 Å². The minimum absolute atomic E-state index is 0.140. The first-order valence-corrected chi connectivity index (χ1v) is 9.91. The minimum atomic E-state index is -0.729. The zero-order valence-electron chi connectivity index (χ0n) is 16.6. The van der Waals surface area contributed by atoms with E-state index in [2.05, 4.69) is 4.90 Å². The molecule has 0 unspecified atom stereocenters. The summed E-state index contributed by atoms with van der Waals surface area (Å²) in [7, 11) is 1.36. The molecule has 0 aromatic heterocycles. The van der Waals surface area contributed by atoms with Crippen LogP contribution in [0.3, 0.4) is 0 Å². The van der Waals surface area contributed by atoms with E-state index in [0.717, 1.165) is 16.9 Å². The van der Waals surface area contributed by atoms with E-state index in [1.807, 2.05) is 54.6 Å². The predicted octanol–water partition coefficient (Wildman–Crippen LogP) is 2.97. The van der Waals surface area contributed by atoms with Crippen LogP contribution in [-0.2, 0) is 25.6 Å². The van der Waals surface area contributed by atoms with Gasteiger partial charge in [0.25, 0.3) is 0 Å². The summed E-state index contributed by atoms with van der Waals surface area (Å²) in [6.07, 6.45) is 0. The predicted molar refractivity (Wildman–Crippen MR) is 106 cm³/mol. The molecule has 0 radical (unpaired) electrons. The summed E-state index contributed by atoms with van der Waals surface area (Å²) in [5.41, 5.74) is 2.05. The van der Waals surface area contributed by atoms with Crippen molar-refractivity contribution in [3.8, 4) is 5.75 Å². The van der Waals surface area contributed by atoms with Crippen LogP contribution in [0.5, 0.6) is 5.75 Å². The second kappa shape index (κ2) is 8.25. The van der Waals surface area contributed by atoms with E-state index < -0.39 is 23.9 Å². The Morgan fingerprint density at radius 1 is 1.07 bits per heavy atom. The van der Waals surface area contributed by atoms with Gasteiger partial charge in [-0.15, -0.1) is 0 Å². The second-order valence-electron chi connectivity index (χ2n) is 7.36. The molecule has 0 amide bonds. The molecule has 2 aromatic rings. The fourth-order valence-electron chi connectivity index (χ4n) is 4.64. The van der Waals surface area contributed by atoms with E-state index in [-0.39, 0.29) is 18.6 Å². The topological polar surface area (TPSA) is 65.1 Å². The molecule has 4 rings (SSSR count). The normalized spacial score (nSPS) is 25.4. The van der Waals surface area contributed by atoms with Crippen molar-refractivity contribution < 1.29 is 23.8 Å². The maximum atomic E-state index is 13.0. The maximum Gasteiger partial charge on any atom is 0.324 e. The first kappa shape index (κ1) is 19.5. The van der Waals surface area contributed by atoms with Crippen molar-refractivity contribution in [3.63, 3.8) is 0 Å². The van der Waals surface area contributed by atoms with Gasteiger partial charge in [0.1, 0.15) is 11.8 Å². The van der Waals surface area contributed by atoms with Crippen LogP contribution in [0.4, 0.5) is 0 Å². The van der Waals surface area contributed by atoms with Crippen LogP contribution in [0.25, 0.3) is 0 Å². The first-order valence-electron chi connectivity index (χ1n) is 9.91. The Morgan fingerprint density at radius 3 is 2.52 bits per heavy atom. The number of ether oxygens (including phenoxy) is 3. The van der Waals surface area contributed by atoms with Gasteiger partial charge in [-0.1, -0.05) is 48.5 Å². The van der Waals surface area contributed by atoms with Crippen molar-refractivity contribution in [2.24, 2.45) is 11.8 Å². The number of esters is 2. The summed E-state index contributed by atoms with van der Waals surface area (Å²) in [5.74, 6) is -0.862. The molecule has 4 atom stereocenters. The third-order valence-electron chi connectivity index (χ3n) is 5.80. The zero-order chi connectivity index (χ0) is 20.4. The number of hydrogen-bond donors (Lipinski definition) is 0. The average molecular weight is 395 g/mol. The van der Waals surface area contributed by atoms with E-state index >= 15 is 0 Å². The summed E-state index contributed by atoms with van der Waals surface area (Å²) in [6.45, 7) is 2.90. The molecule has 2 aromatic carbocycles. The van der Waals surface area contributed by atoms with E-state index in [0.29, 0.717) is 13.2 Å². The molecule has 6 heteroatoms. The number of methoxy groups -OCH3 is 1. The molecule has 0 aliphatic carbocycles. The lowest BCUT2D eigenvalue weighted by atomic mass is 9.83. The summed E-state index contributed by atoms with van der Waals surface area (Å²) < 4.78 is 16.4. The number of rotatable bonds is 5. The highest BCUT2D eigenvalue weighted by molar-refractivity contribution is 5.86. The lowest BCUT2D eigenvalue weighted by Crippen LogP contribution is -2.44. The van der Waals surface area contributed by atoms with Gasteiger partial charge >= 0.3 is 11.9 Å². The lowest BCUT2D eigenvalue weighted by Gasteiger charge is -2.34. The monoisotopic (exact) mass is 395 g/mol. The lowest BCUT2D eigenvalue weighted by molar-refractivity contribution is -0.158. The number of para-hydroxylation sites is 1. The molecule has 0 N–H and O–H groups in total. The number of carbonyl (C=O) groups excluding carboxylic acids is 2. The minimum Gasteiger partial charge on any atom is -0.493 e. The smallest absolute Gasteiger partial charge is 0.324 e. The van der Waals surface area contributed by atoms with Gasteiger partial charge in [-0.2, -0.15) is 0 Å². The van der Waals surface area contributed by atoms with Gasteiger partial charge in [-0.05, 0) is 18.6 Å². The second-order valence-corrected chi connectivity index (χ2v) is 7.36. The Bertz CT molecular complexity index is 884. The largest absolute Gasteiger partial charge is 0.493 e.